The van der Waals surface area contributed by atoms with Crippen molar-refractivity contribution in [3.05, 3.63) is 11.9 Å². The van der Waals surface area contributed by atoms with E-state index in [1.54, 1.807) is 6.07 Å². The van der Waals surface area contributed by atoms with Crippen LogP contribution in [-0.4, -0.2) is 27.7 Å². The van der Waals surface area contributed by atoms with Gasteiger partial charge in [0.2, 0.25) is 0 Å². The van der Waals surface area contributed by atoms with Crippen LogP contribution in [0.3, 0.4) is 0 Å². The van der Waals surface area contributed by atoms with E-state index in [1.807, 2.05) is 6.92 Å². The predicted octanol–water partition coefficient (Wildman–Crippen LogP) is 0.507. The first-order chi connectivity index (χ1) is 8.21. The average molecular weight is 237 g/mol. The second kappa shape index (κ2) is 5.29. The topological polar surface area (TPSA) is 96.1 Å². The fourth-order valence-electron chi connectivity index (χ4n) is 1.94. The van der Waals surface area contributed by atoms with Crippen LogP contribution in [0.15, 0.2) is 6.07 Å². The molecular formula is C11H19N5O. The Morgan fingerprint density at radius 3 is 2.71 bits per heavy atom. The molecule has 17 heavy (non-hydrogen) atoms. The molecule has 1 fully saturated rings. The molecule has 5 N–H and O–H groups in total. The molecule has 0 bridgehead atoms. The third-order valence-corrected chi connectivity index (χ3v) is 3.02. The molecular weight excluding hydrogens is 218 g/mol. The van der Waals surface area contributed by atoms with Gasteiger partial charge in [0.25, 0.3) is 0 Å². The number of aryl methyl sites for hydroxylation is 1. The molecule has 0 aromatic carbocycles. The minimum Gasteiger partial charge on any atom is -0.393 e. The molecule has 1 aromatic rings. The van der Waals surface area contributed by atoms with E-state index in [1.165, 1.54) is 0 Å². The van der Waals surface area contributed by atoms with Crippen molar-refractivity contribution >= 4 is 11.6 Å². The maximum Gasteiger partial charge on any atom is 0.145 e. The molecule has 6 nitrogen and oxygen atoms in total. The monoisotopic (exact) mass is 237 g/mol. The van der Waals surface area contributed by atoms with Gasteiger partial charge < -0.3 is 15.8 Å². The van der Waals surface area contributed by atoms with Crippen LogP contribution in [0.1, 0.15) is 25.6 Å². The lowest BCUT2D eigenvalue weighted by atomic mass is 9.82. The van der Waals surface area contributed by atoms with Crippen molar-refractivity contribution in [2.45, 2.75) is 32.3 Å². The van der Waals surface area contributed by atoms with E-state index in [2.05, 4.69) is 20.7 Å². The Labute approximate surface area is 101 Å². The van der Waals surface area contributed by atoms with Gasteiger partial charge in [-0.05, 0) is 18.8 Å². The summed E-state index contributed by atoms with van der Waals surface area (Å²) in [4.78, 5) is 8.59. The van der Waals surface area contributed by atoms with Crippen LogP contribution in [0.5, 0.6) is 0 Å². The van der Waals surface area contributed by atoms with Crippen molar-refractivity contribution in [2.75, 3.05) is 17.3 Å². The number of hydrazine groups is 1. The van der Waals surface area contributed by atoms with Crippen molar-refractivity contribution in [3.8, 4) is 0 Å². The van der Waals surface area contributed by atoms with Gasteiger partial charge in [-0.1, -0.05) is 6.92 Å². The molecule has 0 radical (unpaired) electrons. The van der Waals surface area contributed by atoms with Gasteiger partial charge in [0.1, 0.15) is 17.5 Å². The minimum absolute atomic E-state index is 0.111. The highest BCUT2D eigenvalue weighted by molar-refractivity contribution is 5.46. The highest BCUT2D eigenvalue weighted by Crippen LogP contribution is 2.27. The lowest BCUT2D eigenvalue weighted by molar-refractivity contribution is 0.0486. The normalized spacial score (nSPS) is 23.0. The van der Waals surface area contributed by atoms with E-state index in [9.17, 15) is 5.11 Å². The maximum absolute atomic E-state index is 9.20. The van der Waals surface area contributed by atoms with E-state index in [0.29, 0.717) is 11.7 Å². The average Bonchev–Trinajstić information content (AvgIpc) is 2.32. The number of nitrogen functional groups attached to an aromatic ring is 1. The molecule has 0 amide bonds. The number of rotatable bonds is 5. The van der Waals surface area contributed by atoms with Crippen molar-refractivity contribution in [3.63, 3.8) is 0 Å². The first kappa shape index (κ1) is 12.1. The molecule has 1 saturated carbocycles. The maximum atomic E-state index is 9.20. The van der Waals surface area contributed by atoms with Crippen molar-refractivity contribution < 1.29 is 5.11 Å². The molecule has 1 aliphatic rings. The number of nitrogens with one attached hydrogen (secondary N) is 2. The highest BCUT2D eigenvalue weighted by atomic mass is 16.3. The largest absolute Gasteiger partial charge is 0.393 e. The molecule has 1 heterocycles. The zero-order valence-electron chi connectivity index (χ0n) is 9.98. The van der Waals surface area contributed by atoms with Crippen molar-refractivity contribution in [2.24, 2.45) is 11.8 Å². The standard InChI is InChI=1S/C11H19N5O/c1-2-9-14-10(5-11(15-9)16-12)13-6-7-3-8(17)4-7/h5,7-8,17H,2-4,6,12H2,1H3,(H2,13,14,15,16). The molecule has 2 rings (SSSR count). The van der Waals surface area contributed by atoms with Crippen LogP contribution in [0, 0.1) is 5.92 Å². The second-order valence-corrected chi connectivity index (χ2v) is 4.42. The lowest BCUT2D eigenvalue weighted by Gasteiger charge is -2.31. The summed E-state index contributed by atoms with van der Waals surface area (Å²) >= 11 is 0. The van der Waals surface area contributed by atoms with Crippen LogP contribution in [0.4, 0.5) is 11.6 Å². The zero-order valence-corrected chi connectivity index (χ0v) is 9.98. The van der Waals surface area contributed by atoms with Gasteiger partial charge in [-0.3, -0.25) is 0 Å². The number of aromatic nitrogens is 2. The van der Waals surface area contributed by atoms with E-state index < -0.39 is 0 Å². The van der Waals surface area contributed by atoms with E-state index in [-0.39, 0.29) is 6.10 Å². The molecule has 94 valence electrons. The molecule has 0 unspecified atom stereocenters. The molecule has 6 heteroatoms. The SMILES string of the molecule is CCc1nc(NN)cc(NCC2CC(O)C2)n1. The molecule has 0 atom stereocenters. The summed E-state index contributed by atoms with van der Waals surface area (Å²) in [5.41, 5.74) is 2.53. The summed E-state index contributed by atoms with van der Waals surface area (Å²) in [6, 6.07) is 1.79. The smallest absolute Gasteiger partial charge is 0.145 e. The first-order valence-electron chi connectivity index (χ1n) is 5.97. The third kappa shape index (κ3) is 3.04. The Balaban J connectivity index is 1.94. The van der Waals surface area contributed by atoms with Gasteiger partial charge in [-0.25, -0.2) is 15.8 Å². The van der Waals surface area contributed by atoms with E-state index in [4.69, 9.17) is 5.84 Å². The molecule has 1 aromatic heterocycles. The van der Waals surface area contributed by atoms with Crippen LogP contribution >= 0.6 is 0 Å². The second-order valence-electron chi connectivity index (χ2n) is 4.42. The number of nitrogens with zero attached hydrogens (tertiary/aromatic N) is 2. The fourth-order valence-corrected chi connectivity index (χ4v) is 1.94. The Morgan fingerprint density at radius 2 is 2.12 bits per heavy atom. The van der Waals surface area contributed by atoms with Gasteiger partial charge in [-0.15, -0.1) is 0 Å². The highest BCUT2D eigenvalue weighted by Gasteiger charge is 2.26. The minimum atomic E-state index is -0.111. The first-order valence-corrected chi connectivity index (χ1v) is 5.97. The summed E-state index contributed by atoms with van der Waals surface area (Å²) in [5, 5.41) is 12.5. The third-order valence-electron chi connectivity index (χ3n) is 3.02. The summed E-state index contributed by atoms with van der Waals surface area (Å²) < 4.78 is 0. The van der Waals surface area contributed by atoms with Gasteiger partial charge in [0.15, 0.2) is 0 Å². The summed E-state index contributed by atoms with van der Waals surface area (Å²) in [6.45, 7) is 2.84. The molecule has 0 aliphatic heterocycles. The number of hydrogen-bond acceptors (Lipinski definition) is 6. The number of aliphatic hydroxyl groups is 1. The van der Waals surface area contributed by atoms with Crippen molar-refractivity contribution in [1.29, 1.82) is 0 Å². The quantitative estimate of drug-likeness (QED) is 0.440. The van der Waals surface area contributed by atoms with Crippen LogP contribution in [0.25, 0.3) is 0 Å². The van der Waals surface area contributed by atoms with Crippen LogP contribution < -0.4 is 16.6 Å². The fraction of sp³-hybridized carbons (Fsp3) is 0.636. The number of aliphatic hydroxyl groups excluding tert-OH is 1. The number of nitrogens with two attached hydrogens (primary N) is 1. The van der Waals surface area contributed by atoms with Crippen LogP contribution in [0.2, 0.25) is 0 Å². The lowest BCUT2D eigenvalue weighted by Crippen LogP contribution is -2.33. The van der Waals surface area contributed by atoms with E-state index in [0.717, 1.165) is 37.4 Å². The van der Waals surface area contributed by atoms with Crippen LogP contribution in [-0.2, 0) is 6.42 Å². The zero-order chi connectivity index (χ0) is 12.3. The Hall–Kier alpha value is -1.40. The Kier molecular flexibility index (Phi) is 3.75. The van der Waals surface area contributed by atoms with Gasteiger partial charge in [-0.2, -0.15) is 0 Å². The number of hydrogen-bond donors (Lipinski definition) is 4. The molecule has 0 spiro atoms. The Bertz CT molecular complexity index is 356. The summed E-state index contributed by atoms with van der Waals surface area (Å²) in [5.74, 6) is 8.06. The summed E-state index contributed by atoms with van der Waals surface area (Å²) in [7, 11) is 0. The summed E-state index contributed by atoms with van der Waals surface area (Å²) in [6.07, 6.45) is 2.41. The predicted molar refractivity (Wildman–Crippen MR) is 66.4 cm³/mol. The molecule has 1 aliphatic carbocycles. The van der Waals surface area contributed by atoms with Crippen molar-refractivity contribution in [1.82, 2.24) is 9.97 Å². The van der Waals surface area contributed by atoms with E-state index >= 15 is 0 Å². The van der Waals surface area contributed by atoms with Gasteiger partial charge >= 0.3 is 0 Å². The van der Waals surface area contributed by atoms with Gasteiger partial charge in [0, 0.05) is 19.0 Å². The van der Waals surface area contributed by atoms with Gasteiger partial charge in [0.05, 0.1) is 6.10 Å². The number of anilines is 2. The Morgan fingerprint density at radius 1 is 1.41 bits per heavy atom. The molecule has 0 saturated heterocycles.